The van der Waals surface area contributed by atoms with Gasteiger partial charge in [-0.3, -0.25) is 9.59 Å². The quantitative estimate of drug-likeness (QED) is 0.744. The second-order valence-corrected chi connectivity index (χ2v) is 5.37. The van der Waals surface area contributed by atoms with Gasteiger partial charge in [0.2, 0.25) is 5.91 Å². The molecule has 5 nitrogen and oxygen atoms in total. The van der Waals surface area contributed by atoms with Gasteiger partial charge >= 0.3 is 5.97 Å². The van der Waals surface area contributed by atoms with Gasteiger partial charge in [0.25, 0.3) is 0 Å². The molecule has 0 aromatic carbocycles. The van der Waals surface area contributed by atoms with Crippen LogP contribution in [-0.4, -0.2) is 59.5 Å². The van der Waals surface area contributed by atoms with Crippen LogP contribution in [0.25, 0.3) is 0 Å². The number of nitrogens with zero attached hydrogens (tertiary/aromatic N) is 2. The smallest absolute Gasteiger partial charge is 0.303 e. The Morgan fingerprint density at radius 2 is 1.89 bits per heavy atom. The lowest BCUT2D eigenvalue weighted by atomic mass is 10.1. The van der Waals surface area contributed by atoms with E-state index < -0.39 is 5.97 Å². The van der Waals surface area contributed by atoms with E-state index in [0.717, 1.165) is 32.5 Å². The average molecular weight is 270 g/mol. The molecule has 0 spiro atoms. The number of hydrogen-bond acceptors (Lipinski definition) is 3. The maximum absolute atomic E-state index is 12.2. The normalized spacial score (nSPS) is 21.2. The molecular formula is C14H26N2O3. The maximum atomic E-state index is 12.2. The Bertz CT molecular complexity index is 307. The van der Waals surface area contributed by atoms with Gasteiger partial charge in [0.1, 0.15) is 0 Å². The van der Waals surface area contributed by atoms with Crippen molar-refractivity contribution in [2.75, 3.05) is 26.7 Å². The second kappa shape index (κ2) is 8.15. The molecule has 1 aliphatic heterocycles. The molecule has 1 amide bonds. The number of carboxylic acids is 1. The van der Waals surface area contributed by atoms with E-state index in [1.54, 1.807) is 0 Å². The predicted molar refractivity (Wildman–Crippen MR) is 74.0 cm³/mol. The molecule has 1 N–H and O–H groups in total. The van der Waals surface area contributed by atoms with Gasteiger partial charge in [0.15, 0.2) is 0 Å². The highest BCUT2D eigenvalue weighted by Crippen LogP contribution is 2.14. The van der Waals surface area contributed by atoms with Crippen LogP contribution < -0.4 is 0 Å². The van der Waals surface area contributed by atoms with Gasteiger partial charge in [-0.25, -0.2) is 0 Å². The summed E-state index contributed by atoms with van der Waals surface area (Å²) in [6.07, 6.45) is 3.90. The lowest BCUT2D eigenvalue weighted by Gasteiger charge is -2.30. The highest BCUT2D eigenvalue weighted by molar-refractivity contribution is 5.76. The van der Waals surface area contributed by atoms with E-state index >= 15 is 0 Å². The van der Waals surface area contributed by atoms with Crippen LogP contribution in [0.1, 0.15) is 45.4 Å². The van der Waals surface area contributed by atoms with Crippen LogP contribution in [0.15, 0.2) is 0 Å². The largest absolute Gasteiger partial charge is 0.481 e. The van der Waals surface area contributed by atoms with E-state index in [2.05, 4.69) is 18.9 Å². The van der Waals surface area contributed by atoms with Crippen molar-refractivity contribution in [1.82, 2.24) is 9.80 Å². The van der Waals surface area contributed by atoms with Gasteiger partial charge in [0.05, 0.1) is 0 Å². The van der Waals surface area contributed by atoms with E-state index in [1.807, 2.05) is 4.90 Å². The molecule has 5 heteroatoms. The summed E-state index contributed by atoms with van der Waals surface area (Å²) < 4.78 is 0. The minimum absolute atomic E-state index is 0.160. The monoisotopic (exact) mass is 270 g/mol. The number of carboxylic acid groups (broad SMARTS) is 1. The van der Waals surface area contributed by atoms with Crippen LogP contribution in [0.2, 0.25) is 0 Å². The summed E-state index contributed by atoms with van der Waals surface area (Å²) in [7, 11) is 2.10. The van der Waals surface area contributed by atoms with E-state index in [1.165, 1.54) is 0 Å². The van der Waals surface area contributed by atoms with Crippen molar-refractivity contribution in [3.8, 4) is 0 Å². The standard InChI is InChI=1S/C14H26N2O3/c1-3-12-11-15(2)9-6-10-16(12)13(17)7-4-5-8-14(18)19/h12H,3-11H2,1-2H3,(H,18,19). The van der Waals surface area contributed by atoms with Crippen LogP contribution in [0.5, 0.6) is 0 Å². The van der Waals surface area contributed by atoms with Gasteiger partial charge < -0.3 is 14.9 Å². The Labute approximate surface area is 115 Å². The number of carbonyl (C=O) groups is 2. The van der Waals surface area contributed by atoms with Crippen LogP contribution in [-0.2, 0) is 9.59 Å². The number of unbranched alkanes of at least 4 members (excludes halogenated alkanes) is 1. The Morgan fingerprint density at radius 3 is 2.53 bits per heavy atom. The molecule has 110 valence electrons. The highest BCUT2D eigenvalue weighted by atomic mass is 16.4. The number of rotatable bonds is 6. The van der Waals surface area contributed by atoms with Gasteiger partial charge in [-0.1, -0.05) is 6.92 Å². The van der Waals surface area contributed by atoms with Crippen molar-refractivity contribution in [2.45, 2.75) is 51.5 Å². The minimum atomic E-state index is -0.782. The van der Waals surface area contributed by atoms with E-state index in [-0.39, 0.29) is 12.3 Å². The molecule has 1 saturated heterocycles. The summed E-state index contributed by atoms with van der Waals surface area (Å²) in [6.45, 7) is 4.94. The molecule has 1 unspecified atom stereocenters. The van der Waals surface area contributed by atoms with Crippen LogP contribution in [0.4, 0.5) is 0 Å². The average Bonchev–Trinajstić information content (AvgIpc) is 2.55. The number of hydrogen-bond donors (Lipinski definition) is 1. The zero-order valence-electron chi connectivity index (χ0n) is 12.1. The minimum Gasteiger partial charge on any atom is -0.481 e. The molecule has 0 saturated carbocycles. The highest BCUT2D eigenvalue weighted by Gasteiger charge is 2.25. The zero-order chi connectivity index (χ0) is 14.3. The molecule has 1 atom stereocenters. The third-order valence-corrected chi connectivity index (χ3v) is 3.72. The first kappa shape index (κ1) is 16.0. The topological polar surface area (TPSA) is 60.9 Å². The number of carbonyl (C=O) groups excluding carboxylic acids is 1. The number of amides is 1. The van der Waals surface area contributed by atoms with Crippen LogP contribution >= 0.6 is 0 Å². The van der Waals surface area contributed by atoms with Crippen molar-refractivity contribution in [2.24, 2.45) is 0 Å². The molecule has 1 aliphatic rings. The third-order valence-electron chi connectivity index (χ3n) is 3.72. The van der Waals surface area contributed by atoms with Crippen molar-refractivity contribution < 1.29 is 14.7 Å². The molecular weight excluding hydrogens is 244 g/mol. The molecule has 0 bridgehead atoms. The van der Waals surface area contributed by atoms with Gasteiger partial charge in [-0.15, -0.1) is 0 Å². The van der Waals surface area contributed by atoms with E-state index in [4.69, 9.17) is 5.11 Å². The fraction of sp³-hybridized carbons (Fsp3) is 0.857. The fourth-order valence-corrected chi connectivity index (χ4v) is 2.62. The first-order valence-electron chi connectivity index (χ1n) is 7.24. The first-order chi connectivity index (χ1) is 9.04. The summed E-state index contributed by atoms with van der Waals surface area (Å²) in [5.74, 6) is -0.595. The Hall–Kier alpha value is -1.10. The molecule has 1 rings (SSSR count). The summed E-state index contributed by atoms with van der Waals surface area (Å²) in [6, 6.07) is 0.305. The Morgan fingerprint density at radius 1 is 1.21 bits per heavy atom. The number of aliphatic carboxylic acids is 1. The first-order valence-corrected chi connectivity index (χ1v) is 7.24. The van der Waals surface area contributed by atoms with Crippen molar-refractivity contribution in [1.29, 1.82) is 0 Å². The Kier molecular flexibility index (Phi) is 6.84. The molecule has 0 radical (unpaired) electrons. The summed E-state index contributed by atoms with van der Waals surface area (Å²) in [5.41, 5.74) is 0. The molecule has 1 heterocycles. The number of likely N-dealkylation sites (N-methyl/N-ethyl adjacent to an activating group) is 1. The van der Waals surface area contributed by atoms with Gasteiger partial charge in [-0.05, 0) is 39.3 Å². The maximum Gasteiger partial charge on any atom is 0.303 e. The second-order valence-electron chi connectivity index (χ2n) is 5.37. The van der Waals surface area contributed by atoms with Crippen molar-refractivity contribution in [3.63, 3.8) is 0 Å². The summed E-state index contributed by atoms with van der Waals surface area (Å²) >= 11 is 0. The zero-order valence-corrected chi connectivity index (χ0v) is 12.1. The van der Waals surface area contributed by atoms with E-state index in [0.29, 0.717) is 25.3 Å². The lowest BCUT2D eigenvalue weighted by molar-refractivity contribution is -0.138. The molecule has 0 aromatic heterocycles. The van der Waals surface area contributed by atoms with Crippen LogP contribution in [0.3, 0.4) is 0 Å². The Balaban J connectivity index is 2.41. The molecule has 1 fully saturated rings. The SMILES string of the molecule is CCC1CN(C)CCCN1C(=O)CCCCC(=O)O. The van der Waals surface area contributed by atoms with Crippen molar-refractivity contribution >= 4 is 11.9 Å². The predicted octanol–water partition coefficient (Wildman–Crippen LogP) is 1.57. The fourth-order valence-electron chi connectivity index (χ4n) is 2.62. The van der Waals surface area contributed by atoms with Gasteiger partial charge in [-0.2, -0.15) is 0 Å². The lowest BCUT2D eigenvalue weighted by Crippen LogP contribution is -2.43. The van der Waals surface area contributed by atoms with E-state index in [9.17, 15) is 9.59 Å². The summed E-state index contributed by atoms with van der Waals surface area (Å²) in [5, 5.41) is 8.57. The molecule has 0 aliphatic carbocycles. The third kappa shape index (κ3) is 5.59. The van der Waals surface area contributed by atoms with Crippen LogP contribution in [0, 0.1) is 0 Å². The summed E-state index contributed by atoms with van der Waals surface area (Å²) in [4.78, 5) is 26.9. The molecule has 19 heavy (non-hydrogen) atoms. The van der Waals surface area contributed by atoms with Gasteiger partial charge in [0, 0.05) is 32.0 Å². The van der Waals surface area contributed by atoms with Crippen molar-refractivity contribution in [3.05, 3.63) is 0 Å². The molecule has 0 aromatic rings.